The van der Waals surface area contributed by atoms with Crippen LogP contribution in [-0.2, 0) is 4.79 Å². The van der Waals surface area contributed by atoms with Crippen LogP contribution in [0.25, 0.3) is 0 Å². The average molecular weight is 267 g/mol. The Kier molecular flexibility index (Phi) is 3.69. The van der Waals surface area contributed by atoms with Gasteiger partial charge in [-0.1, -0.05) is 6.07 Å². The van der Waals surface area contributed by atoms with Crippen LogP contribution in [-0.4, -0.2) is 42.1 Å². The molecule has 1 fully saturated rings. The summed E-state index contributed by atoms with van der Waals surface area (Å²) in [6.45, 7) is 0.416. The Bertz CT molecular complexity index is 517. The molecule has 0 aromatic heterocycles. The smallest absolute Gasteiger partial charge is 0.308 e. The zero-order valence-corrected chi connectivity index (χ0v) is 10.4. The summed E-state index contributed by atoms with van der Waals surface area (Å²) in [4.78, 5) is 24.4. The van der Waals surface area contributed by atoms with Crippen molar-refractivity contribution in [1.29, 1.82) is 0 Å². The van der Waals surface area contributed by atoms with Gasteiger partial charge in [0.15, 0.2) is 0 Å². The van der Waals surface area contributed by atoms with Crippen LogP contribution in [0, 0.1) is 11.7 Å². The lowest BCUT2D eigenvalue weighted by Gasteiger charge is -2.17. The highest BCUT2D eigenvalue weighted by Gasteiger charge is 2.33. The third kappa shape index (κ3) is 2.52. The van der Waals surface area contributed by atoms with Crippen molar-refractivity contribution < 1.29 is 23.8 Å². The van der Waals surface area contributed by atoms with Crippen LogP contribution in [0.15, 0.2) is 18.2 Å². The molecule has 0 saturated carbocycles. The standard InChI is InChI=1S/C13H14FNO4/c1-19-10-4-2-3-9(14)11(10)12(16)15-6-5-8(7-15)13(17)18/h2-4,8H,5-7H2,1H3,(H,17,18). The number of halogens is 1. The fourth-order valence-corrected chi connectivity index (χ4v) is 2.19. The summed E-state index contributed by atoms with van der Waals surface area (Å²) < 4.78 is 18.7. The third-order valence-corrected chi connectivity index (χ3v) is 3.23. The quantitative estimate of drug-likeness (QED) is 0.898. The molecule has 1 amide bonds. The fraction of sp³-hybridized carbons (Fsp3) is 0.385. The number of carbonyl (C=O) groups excluding carboxylic acids is 1. The summed E-state index contributed by atoms with van der Waals surface area (Å²) in [5.74, 6) is -2.55. The van der Waals surface area contributed by atoms with Crippen molar-refractivity contribution in [2.24, 2.45) is 5.92 Å². The number of carboxylic acid groups (broad SMARTS) is 1. The number of hydrogen-bond donors (Lipinski definition) is 1. The van der Waals surface area contributed by atoms with Crippen LogP contribution in [0.1, 0.15) is 16.8 Å². The van der Waals surface area contributed by atoms with E-state index in [0.29, 0.717) is 13.0 Å². The predicted octanol–water partition coefficient (Wildman–Crippen LogP) is 1.38. The summed E-state index contributed by atoms with van der Waals surface area (Å²) in [7, 11) is 1.36. The molecule has 1 saturated heterocycles. The molecule has 102 valence electrons. The molecule has 1 aliphatic rings. The second-order valence-electron chi connectivity index (χ2n) is 4.39. The molecule has 1 N–H and O–H groups in total. The Balaban J connectivity index is 2.24. The van der Waals surface area contributed by atoms with Crippen LogP contribution in [0.2, 0.25) is 0 Å². The Morgan fingerprint density at radius 3 is 2.79 bits per heavy atom. The molecule has 0 radical (unpaired) electrons. The number of hydrogen-bond acceptors (Lipinski definition) is 3. The first-order chi connectivity index (χ1) is 9.04. The molecule has 1 atom stereocenters. The molecule has 1 aliphatic heterocycles. The van der Waals surface area contributed by atoms with Crippen LogP contribution >= 0.6 is 0 Å². The molecule has 6 heteroatoms. The molecule has 5 nitrogen and oxygen atoms in total. The van der Waals surface area contributed by atoms with Crippen LogP contribution in [0.4, 0.5) is 4.39 Å². The second kappa shape index (κ2) is 5.26. The highest BCUT2D eigenvalue weighted by atomic mass is 19.1. The molecule has 1 unspecified atom stereocenters. The van der Waals surface area contributed by atoms with E-state index < -0.39 is 23.6 Å². The first-order valence-electron chi connectivity index (χ1n) is 5.89. The number of rotatable bonds is 3. The molecule has 1 aromatic carbocycles. The number of amides is 1. The van der Waals surface area contributed by atoms with Crippen molar-refractivity contribution in [2.45, 2.75) is 6.42 Å². The predicted molar refractivity (Wildman–Crippen MR) is 64.6 cm³/mol. The SMILES string of the molecule is COc1cccc(F)c1C(=O)N1CCC(C(=O)O)C1. The summed E-state index contributed by atoms with van der Waals surface area (Å²) in [5, 5.41) is 8.90. The van der Waals surface area contributed by atoms with E-state index in [1.807, 2.05) is 0 Å². The van der Waals surface area contributed by atoms with Gasteiger partial charge in [0.05, 0.1) is 13.0 Å². The van der Waals surface area contributed by atoms with Crippen molar-refractivity contribution in [3.05, 3.63) is 29.6 Å². The maximum absolute atomic E-state index is 13.8. The Hall–Kier alpha value is -2.11. The van der Waals surface area contributed by atoms with Crippen LogP contribution in [0.3, 0.4) is 0 Å². The lowest BCUT2D eigenvalue weighted by atomic mass is 10.1. The number of aliphatic carboxylic acids is 1. The van der Waals surface area contributed by atoms with E-state index in [4.69, 9.17) is 9.84 Å². The van der Waals surface area contributed by atoms with Crippen molar-refractivity contribution in [3.63, 3.8) is 0 Å². The molecule has 19 heavy (non-hydrogen) atoms. The maximum Gasteiger partial charge on any atom is 0.308 e. The molecule has 1 heterocycles. The van der Waals surface area contributed by atoms with E-state index in [1.54, 1.807) is 0 Å². The highest BCUT2D eigenvalue weighted by molar-refractivity contribution is 5.97. The molecule has 0 aliphatic carbocycles. The Labute approximate surface area is 109 Å². The van der Waals surface area contributed by atoms with Gasteiger partial charge in [0.1, 0.15) is 17.1 Å². The van der Waals surface area contributed by atoms with Gasteiger partial charge >= 0.3 is 5.97 Å². The topological polar surface area (TPSA) is 66.8 Å². The average Bonchev–Trinajstić information content (AvgIpc) is 2.87. The molecule has 0 bridgehead atoms. The minimum absolute atomic E-state index is 0.103. The van der Waals surface area contributed by atoms with E-state index in [2.05, 4.69) is 0 Å². The van der Waals surface area contributed by atoms with Gasteiger partial charge in [0.2, 0.25) is 0 Å². The van der Waals surface area contributed by atoms with Gasteiger partial charge in [-0.25, -0.2) is 4.39 Å². The molecular formula is C13H14FNO4. The molecule has 2 rings (SSSR count). The second-order valence-corrected chi connectivity index (χ2v) is 4.39. The van der Waals surface area contributed by atoms with Gasteiger partial charge in [-0.3, -0.25) is 9.59 Å². The lowest BCUT2D eigenvalue weighted by molar-refractivity contribution is -0.141. The van der Waals surface area contributed by atoms with Gasteiger partial charge in [0, 0.05) is 13.1 Å². The maximum atomic E-state index is 13.8. The monoisotopic (exact) mass is 267 g/mol. The summed E-state index contributed by atoms with van der Waals surface area (Å²) in [6, 6.07) is 4.14. The number of carboxylic acids is 1. The van der Waals surface area contributed by atoms with Gasteiger partial charge < -0.3 is 14.7 Å². The number of benzene rings is 1. The van der Waals surface area contributed by atoms with Crippen molar-refractivity contribution in [2.75, 3.05) is 20.2 Å². The van der Waals surface area contributed by atoms with Crippen LogP contribution in [0.5, 0.6) is 5.75 Å². The number of nitrogens with zero attached hydrogens (tertiary/aromatic N) is 1. The fourth-order valence-electron chi connectivity index (χ4n) is 2.19. The molecule has 0 spiro atoms. The van der Waals surface area contributed by atoms with Gasteiger partial charge in [0.25, 0.3) is 5.91 Å². The first kappa shape index (κ1) is 13.3. The Morgan fingerprint density at radius 1 is 1.47 bits per heavy atom. The number of likely N-dealkylation sites (tertiary alicyclic amines) is 1. The summed E-state index contributed by atoms with van der Waals surface area (Å²) in [5.41, 5.74) is -0.143. The van der Waals surface area contributed by atoms with E-state index in [-0.39, 0.29) is 17.9 Å². The Morgan fingerprint density at radius 2 is 2.21 bits per heavy atom. The largest absolute Gasteiger partial charge is 0.496 e. The van der Waals surface area contributed by atoms with Gasteiger partial charge in [-0.15, -0.1) is 0 Å². The van der Waals surface area contributed by atoms with E-state index in [9.17, 15) is 14.0 Å². The van der Waals surface area contributed by atoms with Crippen molar-refractivity contribution >= 4 is 11.9 Å². The summed E-state index contributed by atoms with van der Waals surface area (Å²) >= 11 is 0. The number of carbonyl (C=O) groups is 2. The minimum Gasteiger partial charge on any atom is -0.496 e. The van der Waals surface area contributed by atoms with Crippen LogP contribution < -0.4 is 4.74 Å². The highest BCUT2D eigenvalue weighted by Crippen LogP contribution is 2.26. The van der Waals surface area contributed by atoms with Gasteiger partial charge in [-0.2, -0.15) is 0 Å². The number of ether oxygens (including phenoxy) is 1. The molecule has 1 aromatic rings. The van der Waals surface area contributed by atoms with E-state index in [0.717, 1.165) is 0 Å². The lowest BCUT2D eigenvalue weighted by Crippen LogP contribution is -2.30. The van der Waals surface area contributed by atoms with Crippen molar-refractivity contribution in [1.82, 2.24) is 4.90 Å². The van der Waals surface area contributed by atoms with E-state index >= 15 is 0 Å². The summed E-state index contributed by atoms with van der Waals surface area (Å²) in [6.07, 6.45) is 0.387. The first-order valence-corrected chi connectivity index (χ1v) is 5.89. The van der Waals surface area contributed by atoms with Gasteiger partial charge in [-0.05, 0) is 18.6 Å². The van der Waals surface area contributed by atoms with Crippen molar-refractivity contribution in [3.8, 4) is 5.75 Å². The minimum atomic E-state index is -0.934. The zero-order valence-electron chi connectivity index (χ0n) is 10.4. The zero-order chi connectivity index (χ0) is 14.0. The van der Waals surface area contributed by atoms with E-state index in [1.165, 1.54) is 30.2 Å². The molecular weight excluding hydrogens is 253 g/mol. The third-order valence-electron chi connectivity index (χ3n) is 3.23. The number of methoxy groups -OCH3 is 1. The normalized spacial score (nSPS) is 18.4.